The van der Waals surface area contributed by atoms with Gasteiger partial charge >= 0.3 is 0 Å². The number of nitrogens with one attached hydrogen (secondary N) is 1. The Morgan fingerprint density at radius 3 is 2.94 bits per heavy atom. The highest BCUT2D eigenvalue weighted by molar-refractivity contribution is 6.03. The van der Waals surface area contributed by atoms with E-state index in [0.29, 0.717) is 5.56 Å². The van der Waals surface area contributed by atoms with E-state index < -0.39 is 0 Å². The van der Waals surface area contributed by atoms with Crippen LogP contribution in [0.25, 0.3) is 10.8 Å². The average molecular weight is 227 g/mol. The number of amides is 1. The number of carbonyl (C=O) groups excluding carboxylic acids is 1. The van der Waals surface area contributed by atoms with Gasteiger partial charge in [0, 0.05) is 5.56 Å². The average Bonchev–Trinajstić information content (AvgIpc) is 2.36. The minimum atomic E-state index is -0.220. The van der Waals surface area contributed by atoms with E-state index in [1.165, 1.54) is 11.9 Å². The quantitative estimate of drug-likeness (QED) is 0.355. The Morgan fingerprint density at radius 2 is 2.18 bits per heavy atom. The van der Waals surface area contributed by atoms with Crippen LogP contribution in [0.3, 0.4) is 0 Å². The Balaban J connectivity index is 2.41. The summed E-state index contributed by atoms with van der Waals surface area (Å²) in [4.78, 5) is 11.7. The summed E-state index contributed by atoms with van der Waals surface area (Å²) in [5.41, 5.74) is 1.78. The number of carbonyl (C=O) groups is 1. The molecule has 0 bridgehead atoms. The van der Waals surface area contributed by atoms with E-state index >= 15 is 0 Å². The Morgan fingerprint density at radius 1 is 1.35 bits per heavy atom. The molecule has 4 heteroatoms. The molecule has 0 aliphatic carbocycles. The molecule has 0 saturated heterocycles. The van der Waals surface area contributed by atoms with Crippen molar-refractivity contribution in [2.75, 3.05) is 0 Å². The molecule has 2 rings (SSSR count). The van der Waals surface area contributed by atoms with Gasteiger partial charge in [0.15, 0.2) is 0 Å². The first-order valence-corrected chi connectivity index (χ1v) is 5.24. The van der Waals surface area contributed by atoms with Crippen LogP contribution in [0.4, 0.5) is 0 Å². The second-order valence-corrected chi connectivity index (χ2v) is 3.76. The van der Waals surface area contributed by atoms with Crippen molar-refractivity contribution >= 4 is 23.0 Å². The monoisotopic (exact) mass is 227 g/mol. The number of benzene rings is 2. The van der Waals surface area contributed by atoms with Crippen LogP contribution in [0.1, 0.15) is 15.9 Å². The van der Waals surface area contributed by atoms with Crippen LogP contribution in [0, 0.1) is 6.92 Å². The number of hydrazone groups is 1. The van der Waals surface area contributed by atoms with Crippen LogP contribution in [0.2, 0.25) is 0 Å². The van der Waals surface area contributed by atoms with Crippen molar-refractivity contribution in [3.8, 4) is 0 Å². The van der Waals surface area contributed by atoms with E-state index in [9.17, 15) is 4.79 Å². The normalized spacial score (nSPS) is 10.9. The molecule has 0 saturated carbocycles. The van der Waals surface area contributed by atoms with Crippen molar-refractivity contribution in [2.45, 2.75) is 6.92 Å². The highest BCUT2D eigenvalue weighted by atomic mass is 16.1. The molecule has 3 N–H and O–H groups in total. The second kappa shape index (κ2) is 4.65. The van der Waals surface area contributed by atoms with Crippen molar-refractivity contribution in [1.82, 2.24) is 5.32 Å². The highest BCUT2D eigenvalue weighted by Crippen LogP contribution is 2.19. The van der Waals surface area contributed by atoms with Crippen LogP contribution in [-0.4, -0.2) is 12.2 Å². The van der Waals surface area contributed by atoms with Gasteiger partial charge in [-0.25, -0.2) is 0 Å². The molecular weight excluding hydrogens is 214 g/mol. The van der Waals surface area contributed by atoms with Crippen molar-refractivity contribution in [1.29, 1.82) is 0 Å². The summed E-state index contributed by atoms with van der Waals surface area (Å²) in [6.45, 7) is 2.04. The van der Waals surface area contributed by atoms with Gasteiger partial charge in [0.1, 0.15) is 6.34 Å². The van der Waals surface area contributed by atoms with Crippen LogP contribution in [-0.2, 0) is 0 Å². The maximum Gasteiger partial charge on any atom is 0.256 e. The summed E-state index contributed by atoms with van der Waals surface area (Å²) in [5, 5.41) is 7.89. The van der Waals surface area contributed by atoms with E-state index in [1.807, 2.05) is 37.3 Å². The molecule has 2 aromatic rings. The third kappa shape index (κ3) is 2.25. The van der Waals surface area contributed by atoms with Gasteiger partial charge in [-0.1, -0.05) is 24.3 Å². The Bertz CT molecular complexity index is 590. The molecule has 0 atom stereocenters. The molecule has 2 aromatic carbocycles. The van der Waals surface area contributed by atoms with E-state index in [0.717, 1.165) is 10.8 Å². The van der Waals surface area contributed by atoms with Gasteiger partial charge in [0.2, 0.25) is 0 Å². The lowest BCUT2D eigenvalue weighted by Gasteiger charge is -2.04. The van der Waals surface area contributed by atoms with E-state index in [2.05, 4.69) is 10.4 Å². The zero-order valence-electron chi connectivity index (χ0n) is 9.47. The number of nitrogens with zero attached hydrogens (tertiary/aromatic N) is 1. The minimum Gasteiger partial charge on any atom is -0.322 e. The first-order chi connectivity index (χ1) is 8.22. The lowest BCUT2D eigenvalue weighted by molar-refractivity contribution is 0.0978. The molecule has 0 heterocycles. The molecule has 86 valence electrons. The van der Waals surface area contributed by atoms with Crippen molar-refractivity contribution in [3.05, 3.63) is 47.5 Å². The molecule has 17 heavy (non-hydrogen) atoms. The first kappa shape index (κ1) is 11.1. The molecule has 4 nitrogen and oxygen atoms in total. The van der Waals surface area contributed by atoms with Crippen LogP contribution < -0.4 is 11.2 Å². The summed E-state index contributed by atoms with van der Waals surface area (Å²) < 4.78 is 0. The number of aryl methyl sites for hydroxylation is 1. The minimum absolute atomic E-state index is 0.220. The van der Waals surface area contributed by atoms with Crippen molar-refractivity contribution in [3.63, 3.8) is 0 Å². The summed E-state index contributed by atoms with van der Waals surface area (Å²) in [6, 6.07) is 11.6. The molecule has 0 unspecified atom stereocenters. The molecule has 0 aromatic heterocycles. The third-order valence-electron chi connectivity index (χ3n) is 2.63. The summed E-state index contributed by atoms with van der Waals surface area (Å²) in [5.74, 6) is 4.70. The maximum atomic E-state index is 11.7. The molecule has 0 radical (unpaired) electrons. The zero-order chi connectivity index (χ0) is 12.3. The molecule has 0 aliphatic rings. The number of nitrogens with two attached hydrogens (primary N) is 1. The maximum absolute atomic E-state index is 11.7. The number of hydrogen-bond donors (Lipinski definition) is 2. The second-order valence-electron chi connectivity index (χ2n) is 3.76. The Labute approximate surface area is 99.1 Å². The first-order valence-electron chi connectivity index (χ1n) is 5.24. The van der Waals surface area contributed by atoms with E-state index in [4.69, 9.17) is 5.84 Å². The zero-order valence-corrected chi connectivity index (χ0v) is 9.47. The fourth-order valence-corrected chi connectivity index (χ4v) is 1.77. The lowest BCUT2D eigenvalue weighted by atomic mass is 10.0. The summed E-state index contributed by atoms with van der Waals surface area (Å²) >= 11 is 0. The molecule has 1 amide bonds. The number of hydrogen-bond acceptors (Lipinski definition) is 3. The van der Waals surface area contributed by atoms with E-state index in [1.54, 1.807) is 6.07 Å². The van der Waals surface area contributed by atoms with Gasteiger partial charge in [0.25, 0.3) is 5.91 Å². The molecule has 0 spiro atoms. The fourth-order valence-electron chi connectivity index (χ4n) is 1.77. The lowest BCUT2D eigenvalue weighted by Crippen LogP contribution is -2.22. The van der Waals surface area contributed by atoms with Crippen molar-refractivity contribution in [2.24, 2.45) is 10.9 Å². The number of rotatable bonds is 2. The van der Waals surface area contributed by atoms with Crippen LogP contribution >= 0.6 is 0 Å². The van der Waals surface area contributed by atoms with Crippen LogP contribution in [0.5, 0.6) is 0 Å². The predicted octanol–water partition coefficient (Wildman–Crippen LogP) is 1.78. The van der Waals surface area contributed by atoms with Gasteiger partial charge in [-0.3, -0.25) is 4.79 Å². The summed E-state index contributed by atoms with van der Waals surface area (Å²) in [6.07, 6.45) is 1.17. The highest BCUT2D eigenvalue weighted by Gasteiger charge is 2.05. The van der Waals surface area contributed by atoms with E-state index in [-0.39, 0.29) is 5.91 Å². The fraction of sp³-hybridized carbons (Fsp3) is 0.0769. The largest absolute Gasteiger partial charge is 0.322 e. The van der Waals surface area contributed by atoms with Gasteiger partial charge in [-0.2, -0.15) is 5.10 Å². The predicted molar refractivity (Wildman–Crippen MR) is 68.8 cm³/mol. The van der Waals surface area contributed by atoms with Gasteiger partial charge < -0.3 is 11.2 Å². The van der Waals surface area contributed by atoms with Crippen LogP contribution in [0.15, 0.2) is 41.5 Å². The molecule has 0 fully saturated rings. The van der Waals surface area contributed by atoms with Crippen molar-refractivity contribution < 1.29 is 4.79 Å². The van der Waals surface area contributed by atoms with Gasteiger partial charge in [-0.15, -0.1) is 0 Å². The SMILES string of the molecule is Cc1cccc2cc(C(=O)N/C=N/N)ccc12. The van der Waals surface area contributed by atoms with Gasteiger partial charge in [-0.05, 0) is 35.4 Å². The number of fused-ring (bicyclic) bond motifs is 1. The molecule has 0 aliphatic heterocycles. The molecular formula is C13H13N3O. The Kier molecular flexibility index (Phi) is 3.05. The Hall–Kier alpha value is -2.36. The smallest absolute Gasteiger partial charge is 0.256 e. The third-order valence-corrected chi connectivity index (χ3v) is 2.63. The standard InChI is InChI=1S/C13H13N3O/c1-9-3-2-4-10-7-11(5-6-12(9)10)13(17)15-8-16-14/h2-8H,14H2,1H3,(H,15,16,17). The van der Waals surface area contributed by atoms with Gasteiger partial charge in [0.05, 0.1) is 0 Å². The summed E-state index contributed by atoms with van der Waals surface area (Å²) in [7, 11) is 0. The topological polar surface area (TPSA) is 67.5 Å².